The van der Waals surface area contributed by atoms with Gasteiger partial charge in [-0.15, -0.1) is 0 Å². The van der Waals surface area contributed by atoms with Gasteiger partial charge >= 0.3 is 0 Å². The van der Waals surface area contributed by atoms with E-state index in [0.717, 1.165) is 22.6 Å². The first-order chi connectivity index (χ1) is 8.24. The Hall–Kier alpha value is -1.74. The zero-order chi connectivity index (χ0) is 11.8. The van der Waals surface area contributed by atoms with Gasteiger partial charge in [0.25, 0.3) is 0 Å². The van der Waals surface area contributed by atoms with Crippen molar-refractivity contribution >= 4 is 28.8 Å². The fraction of sp³-hybridized carbons (Fsp3) is 0.154. The molecule has 2 N–H and O–H groups in total. The number of ketones is 1. The van der Waals surface area contributed by atoms with Crippen LogP contribution in [0.5, 0.6) is 0 Å². The minimum Gasteiger partial charge on any atom is -0.379 e. The Morgan fingerprint density at radius 2 is 2.12 bits per heavy atom. The van der Waals surface area contributed by atoms with E-state index in [2.05, 4.69) is 10.6 Å². The molecule has 0 amide bonds. The van der Waals surface area contributed by atoms with E-state index in [1.165, 1.54) is 0 Å². The number of carbonyl (C=O) groups is 1. The first-order valence-corrected chi connectivity index (χ1v) is 5.85. The summed E-state index contributed by atoms with van der Waals surface area (Å²) in [6, 6.07) is 5.60. The molecule has 1 aliphatic heterocycles. The summed E-state index contributed by atoms with van der Waals surface area (Å²) in [5.74, 6) is 0.168. The smallest absolute Gasteiger partial charge is 0.166 e. The molecule has 1 heterocycles. The fourth-order valence-corrected chi connectivity index (χ4v) is 2.24. The van der Waals surface area contributed by atoms with Crippen molar-refractivity contribution in [1.82, 2.24) is 0 Å². The third-order valence-corrected chi connectivity index (χ3v) is 3.19. The summed E-state index contributed by atoms with van der Waals surface area (Å²) in [5.41, 5.74) is 3.56. The first kappa shape index (κ1) is 10.4. The zero-order valence-electron chi connectivity index (χ0n) is 9.09. The van der Waals surface area contributed by atoms with Gasteiger partial charge in [-0.25, -0.2) is 0 Å². The summed E-state index contributed by atoms with van der Waals surface area (Å²) in [5, 5.41) is 7.19. The van der Waals surface area contributed by atoms with Crippen molar-refractivity contribution in [1.29, 1.82) is 0 Å². The molecule has 0 bridgehead atoms. The molecule has 4 heteroatoms. The molecule has 86 valence electrons. The third kappa shape index (κ3) is 1.83. The summed E-state index contributed by atoms with van der Waals surface area (Å²) in [6.45, 7) is 0.541. The number of allylic oxidation sites excluding steroid dienone is 2. The van der Waals surface area contributed by atoms with Crippen LogP contribution in [0.2, 0.25) is 5.02 Å². The first-order valence-electron chi connectivity index (χ1n) is 5.47. The highest BCUT2D eigenvalue weighted by molar-refractivity contribution is 6.31. The van der Waals surface area contributed by atoms with Gasteiger partial charge in [-0.2, -0.15) is 0 Å². The molecule has 1 aliphatic carbocycles. The second kappa shape index (κ2) is 3.93. The molecule has 0 unspecified atom stereocenters. The number of Topliss-reactive ketones (excluding diaryl/α,β-unsaturated/α-hetero) is 1. The van der Waals surface area contributed by atoms with Crippen LogP contribution in [0.15, 0.2) is 41.6 Å². The number of rotatable bonds is 0. The van der Waals surface area contributed by atoms with Crippen LogP contribution in [0.1, 0.15) is 6.42 Å². The minimum absolute atomic E-state index is 0.168. The van der Waals surface area contributed by atoms with Gasteiger partial charge in [0, 0.05) is 29.3 Å². The van der Waals surface area contributed by atoms with Gasteiger partial charge in [-0.05, 0) is 24.3 Å². The molecular formula is C13H11ClN2O. The van der Waals surface area contributed by atoms with Crippen LogP contribution in [0.4, 0.5) is 11.4 Å². The molecule has 17 heavy (non-hydrogen) atoms. The lowest BCUT2D eigenvalue weighted by atomic mass is 10.0. The van der Waals surface area contributed by atoms with Crippen molar-refractivity contribution < 1.29 is 4.79 Å². The summed E-state index contributed by atoms with van der Waals surface area (Å²) < 4.78 is 0. The standard InChI is InChI=1S/C13H11ClN2O/c14-8-4-5-11-12(6-8)15-7-9-10(16-11)2-1-3-13(9)17/h1-2,4-6,15-16H,3,7H2. The predicted octanol–water partition coefficient (Wildman–Crippen LogP) is 2.96. The van der Waals surface area contributed by atoms with Crippen LogP contribution in [-0.4, -0.2) is 12.3 Å². The fourth-order valence-electron chi connectivity index (χ4n) is 2.07. The van der Waals surface area contributed by atoms with E-state index in [4.69, 9.17) is 11.6 Å². The van der Waals surface area contributed by atoms with Crippen LogP contribution >= 0.6 is 11.6 Å². The van der Waals surface area contributed by atoms with Crippen molar-refractivity contribution in [2.75, 3.05) is 17.2 Å². The number of halogens is 1. The van der Waals surface area contributed by atoms with Gasteiger partial charge in [0.05, 0.1) is 11.4 Å². The average Bonchev–Trinajstić information content (AvgIpc) is 2.49. The minimum atomic E-state index is 0.168. The number of hydrogen-bond acceptors (Lipinski definition) is 3. The number of nitrogens with one attached hydrogen (secondary N) is 2. The molecule has 0 saturated heterocycles. The molecule has 0 aromatic heterocycles. The van der Waals surface area contributed by atoms with E-state index in [9.17, 15) is 4.79 Å². The van der Waals surface area contributed by atoms with Crippen LogP contribution in [0, 0.1) is 0 Å². The largest absolute Gasteiger partial charge is 0.379 e. The second-order valence-electron chi connectivity index (χ2n) is 4.09. The third-order valence-electron chi connectivity index (χ3n) is 2.96. The monoisotopic (exact) mass is 246 g/mol. The van der Waals surface area contributed by atoms with Crippen LogP contribution < -0.4 is 10.6 Å². The van der Waals surface area contributed by atoms with Crippen molar-refractivity contribution in [2.45, 2.75) is 6.42 Å². The van der Waals surface area contributed by atoms with Crippen LogP contribution in [0.25, 0.3) is 0 Å². The van der Waals surface area contributed by atoms with E-state index in [1.807, 2.05) is 30.4 Å². The van der Waals surface area contributed by atoms with E-state index in [0.29, 0.717) is 18.0 Å². The summed E-state index contributed by atoms with van der Waals surface area (Å²) in [6.07, 6.45) is 4.33. The van der Waals surface area contributed by atoms with Crippen LogP contribution in [-0.2, 0) is 4.79 Å². The molecule has 3 rings (SSSR count). The predicted molar refractivity (Wildman–Crippen MR) is 69.4 cm³/mol. The molecule has 0 radical (unpaired) electrons. The van der Waals surface area contributed by atoms with Gasteiger partial charge in [0.15, 0.2) is 5.78 Å². The summed E-state index contributed by atoms with van der Waals surface area (Å²) >= 11 is 5.95. The molecule has 0 saturated carbocycles. The quantitative estimate of drug-likeness (QED) is 0.740. The second-order valence-corrected chi connectivity index (χ2v) is 4.53. The normalized spacial score (nSPS) is 17.8. The SMILES string of the molecule is O=C1CC=CC2=C1CNc1cc(Cl)ccc1N2. The maximum Gasteiger partial charge on any atom is 0.166 e. The molecule has 3 nitrogen and oxygen atoms in total. The molecule has 0 spiro atoms. The van der Waals surface area contributed by atoms with Gasteiger partial charge in [0.2, 0.25) is 0 Å². The van der Waals surface area contributed by atoms with E-state index >= 15 is 0 Å². The lowest BCUT2D eigenvalue weighted by Crippen LogP contribution is -2.16. The Morgan fingerprint density at radius 3 is 3.00 bits per heavy atom. The topological polar surface area (TPSA) is 41.1 Å². The summed E-state index contributed by atoms with van der Waals surface area (Å²) in [7, 11) is 0. The Labute approximate surface area is 104 Å². The maximum atomic E-state index is 11.8. The number of benzene rings is 1. The highest BCUT2D eigenvalue weighted by atomic mass is 35.5. The van der Waals surface area contributed by atoms with Gasteiger partial charge in [-0.3, -0.25) is 4.79 Å². The van der Waals surface area contributed by atoms with Crippen molar-refractivity contribution in [3.05, 3.63) is 46.6 Å². The Morgan fingerprint density at radius 1 is 1.24 bits per heavy atom. The van der Waals surface area contributed by atoms with Crippen molar-refractivity contribution in [2.24, 2.45) is 0 Å². The molecular weight excluding hydrogens is 236 g/mol. The number of fused-ring (bicyclic) bond motifs is 1. The number of hydrogen-bond donors (Lipinski definition) is 2. The molecule has 0 fully saturated rings. The van der Waals surface area contributed by atoms with Crippen molar-refractivity contribution in [3.63, 3.8) is 0 Å². The lowest BCUT2D eigenvalue weighted by molar-refractivity contribution is -0.114. The average molecular weight is 247 g/mol. The molecule has 1 aromatic carbocycles. The summed E-state index contributed by atoms with van der Waals surface area (Å²) in [4.78, 5) is 11.8. The maximum absolute atomic E-state index is 11.8. The van der Waals surface area contributed by atoms with Crippen molar-refractivity contribution in [3.8, 4) is 0 Å². The van der Waals surface area contributed by atoms with E-state index in [1.54, 1.807) is 0 Å². The van der Waals surface area contributed by atoms with Gasteiger partial charge in [-0.1, -0.05) is 17.7 Å². The number of carbonyl (C=O) groups excluding carboxylic acids is 1. The Bertz CT molecular complexity index is 561. The van der Waals surface area contributed by atoms with Gasteiger partial charge < -0.3 is 10.6 Å². The lowest BCUT2D eigenvalue weighted by Gasteiger charge is -2.12. The zero-order valence-corrected chi connectivity index (χ0v) is 9.84. The van der Waals surface area contributed by atoms with E-state index < -0.39 is 0 Å². The van der Waals surface area contributed by atoms with Gasteiger partial charge in [0.1, 0.15) is 0 Å². The Balaban J connectivity index is 2.04. The number of anilines is 2. The highest BCUT2D eigenvalue weighted by Gasteiger charge is 2.20. The van der Waals surface area contributed by atoms with E-state index in [-0.39, 0.29) is 5.78 Å². The van der Waals surface area contributed by atoms with Crippen LogP contribution in [0.3, 0.4) is 0 Å². The highest BCUT2D eigenvalue weighted by Crippen LogP contribution is 2.31. The Kier molecular flexibility index (Phi) is 2.41. The molecule has 1 aromatic rings. The molecule has 2 aliphatic rings. The molecule has 0 atom stereocenters.